The summed E-state index contributed by atoms with van der Waals surface area (Å²) in [6.45, 7) is 3.09. The second-order valence-electron chi connectivity index (χ2n) is 7.34. The summed E-state index contributed by atoms with van der Waals surface area (Å²) >= 11 is 0. The Bertz CT molecular complexity index is 1170. The van der Waals surface area contributed by atoms with Gasteiger partial charge in [0.1, 0.15) is 0 Å². The van der Waals surface area contributed by atoms with Crippen molar-refractivity contribution in [2.45, 2.75) is 19.9 Å². The highest BCUT2D eigenvalue weighted by Crippen LogP contribution is 2.29. The third-order valence-corrected chi connectivity index (χ3v) is 5.05. The molecule has 2 N–H and O–H groups in total. The van der Waals surface area contributed by atoms with Crippen molar-refractivity contribution < 1.29 is 14.4 Å². The molecule has 0 radical (unpaired) electrons. The van der Waals surface area contributed by atoms with Gasteiger partial charge in [-0.2, -0.15) is 4.98 Å². The molecular weight excluding hydrogens is 390 g/mol. The number of aryl methyl sites for hydroxylation is 1. The lowest BCUT2D eigenvalue weighted by molar-refractivity contribution is -0.136. The normalized spacial score (nSPS) is 10.9. The van der Waals surface area contributed by atoms with E-state index in [0.717, 1.165) is 27.8 Å². The summed E-state index contributed by atoms with van der Waals surface area (Å²) in [7, 11) is 0. The molecule has 4 aromatic rings. The van der Waals surface area contributed by atoms with Crippen molar-refractivity contribution in [1.82, 2.24) is 15.5 Å². The molecule has 1 heterocycles. The van der Waals surface area contributed by atoms with E-state index in [2.05, 4.69) is 39.7 Å². The van der Waals surface area contributed by atoms with E-state index in [4.69, 9.17) is 9.63 Å². The standard InChI is InChI=1S/C25H23N3O3/c1-17-15-21(19-5-3-2-4-6-19)11-12-22(17)25-27-24(28-31-25)20-9-7-18(8-10-20)16-26-14-13-23(29)30/h2-12,15,26H,13-14,16H2,1H3,(H,29,30). The van der Waals surface area contributed by atoms with Crippen molar-refractivity contribution in [1.29, 1.82) is 0 Å². The minimum Gasteiger partial charge on any atom is -0.481 e. The van der Waals surface area contributed by atoms with Crippen molar-refractivity contribution in [2.75, 3.05) is 6.54 Å². The summed E-state index contributed by atoms with van der Waals surface area (Å²) in [4.78, 5) is 15.1. The maximum Gasteiger partial charge on any atom is 0.304 e. The summed E-state index contributed by atoms with van der Waals surface area (Å²) in [5, 5.41) is 15.9. The Morgan fingerprint density at radius 3 is 2.42 bits per heavy atom. The predicted molar refractivity (Wildman–Crippen MR) is 119 cm³/mol. The van der Waals surface area contributed by atoms with Gasteiger partial charge in [-0.25, -0.2) is 0 Å². The summed E-state index contributed by atoms with van der Waals surface area (Å²) in [6, 6.07) is 24.3. The van der Waals surface area contributed by atoms with E-state index in [1.54, 1.807) is 0 Å². The number of rotatable bonds is 8. The molecule has 31 heavy (non-hydrogen) atoms. The molecule has 0 aliphatic rings. The summed E-state index contributed by atoms with van der Waals surface area (Å²) in [5.41, 5.74) is 6.22. The minimum absolute atomic E-state index is 0.107. The fourth-order valence-electron chi connectivity index (χ4n) is 3.36. The zero-order chi connectivity index (χ0) is 21.6. The fraction of sp³-hybridized carbons (Fsp3) is 0.160. The molecule has 3 aromatic carbocycles. The molecule has 156 valence electrons. The van der Waals surface area contributed by atoms with Gasteiger partial charge in [0.05, 0.1) is 6.42 Å². The first-order chi connectivity index (χ1) is 15.1. The lowest BCUT2D eigenvalue weighted by Gasteiger charge is -2.06. The lowest BCUT2D eigenvalue weighted by atomic mass is 10.00. The minimum atomic E-state index is -0.805. The molecule has 0 aliphatic heterocycles. The first kappa shape index (κ1) is 20.5. The van der Waals surface area contributed by atoms with Crippen LogP contribution in [0.15, 0.2) is 77.3 Å². The zero-order valence-corrected chi connectivity index (χ0v) is 17.2. The molecule has 0 saturated heterocycles. The molecule has 0 amide bonds. The third-order valence-electron chi connectivity index (χ3n) is 5.05. The van der Waals surface area contributed by atoms with Crippen LogP contribution in [0.25, 0.3) is 34.0 Å². The predicted octanol–water partition coefficient (Wildman–Crippen LogP) is 4.94. The Hall–Kier alpha value is -3.77. The van der Waals surface area contributed by atoms with E-state index in [1.165, 1.54) is 5.56 Å². The lowest BCUT2D eigenvalue weighted by Crippen LogP contribution is -2.17. The molecule has 4 rings (SSSR count). The monoisotopic (exact) mass is 413 g/mol. The van der Waals surface area contributed by atoms with Gasteiger partial charge in [-0.3, -0.25) is 4.79 Å². The van der Waals surface area contributed by atoms with Crippen LogP contribution in [-0.2, 0) is 11.3 Å². The highest BCUT2D eigenvalue weighted by molar-refractivity contribution is 5.70. The van der Waals surface area contributed by atoms with Crippen LogP contribution in [-0.4, -0.2) is 27.8 Å². The Kier molecular flexibility index (Phi) is 6.19. The number of nitrogens with zero attached hydrogens (tertiary/aromatic N) is 2. The number of aromatic nitrogens is 2. The second kappa shape index (κ2) is 9.36. The fourth-order valence-corrected chi connectivity index (χ4v) is 3.36. The molecule has 0 unspecified atom stereocenters. The number of carboxylic acid groups (broad SMARTS) is 1. The van der Waals surface area contributed by atoms with E-state index in [9.17, 15) is 4.79 Å². The van der Waals surface area contributed by atoms with Crippen LogP contribution in [0.3, 0.4) is 0 Å². The van der Waals surface area contributed by atoms with E-state index in [0.29, 0.717) is 24.8 Å². The van der Waals surface area contributed by atoms with Crippen LogP contribution >= 0.6 is 0 Å². The topological polar surface area (TPSA) is 88.2 Å². The molecule has 6 nitrogen and oxygen atoms in total. The van der Waals surface area contributed by atoms with Crippen molar-refractivity contribution in [3.05, 3.63) is 83.9 Å². The van der Waals surface area contributed by atoms with Gasteiger partial charge < -0.3 is 14.9 Å². The number of benzene rings is 3. The van der Waals surface area contributed by atoms with E-state index >= 15 is 0 Å². The number of hydrogen-bond donors (Lipinski definition) is 2. The highest BCUT2D eigenvalue weighted by Gasteiger charge is 2.13. The quantitative estimate of drug-likeness (QED) is 0.398. The summed E-state index contributed by atoms with van der Waals surface area (Å²) < 4.78 is 5.53. The van der Waals surface area contributed by atoms with Gasteiger partial charge in [-0.15, -0.1) is 0 Å². The number of nitrogens with one attached hydrogen (secondary N) is 1. The Labute approximate surface area is 180 Å². The van der Waals surface area contributed by atoms with Crippen molar-refractivity contribution >= 4 is 5.97 Å². The van der Waals surface area contributed by atoms with Gasteiger partial charge in [0, 0.05) is 24.2 Å². The van der Waals surface area contributed by atoms with Crippen LogP contribution in [0.5, 0.6) is 0 Å². The van der Waals surface area contributed by atoms with E-state index < -0.39 is 5.97 Å². The zero-order valence-electron chi connectivity index (χ0n) is 17.2. The number of hydrogen-bond acceptors (Lipinski definition) is 5. The maximum absolute atomic E-state index is 10.6. The third kappa shape index (κ3) is 5.05. The van der Waals surface area contributed by atoms with Crippen molar-refractivity contribution in [3.63, 3.8) is 0 Å². The number of carboxylic acids is 1. The first-order valence-electron chi connectivity index (χ1n) is 10.1. The molecule has 0 aliphatic carbocycles. The summed E-state index contributed by atoms with van der Waals surface area (Å²) in [5.74, 6) is 0.221. The number of carbonyl (C=O) groups is 1. The highest BCUT2D eigenvalue weighted by atomic mass is 16.5. The van der Waals surface area contributed by atoms with Gasteiger partial charge >= 0.3 is 5.97 Å². The van der Waals surface area contributed by atoms with Crippen LogP contribution < -0.4 is 5.32 Å². The largest absolute Gasteiger partial charge is 0.481 e. The molecule has 0 fully saturated rings. The van der Waals surface area contributed by atoms with Crippen LogP contribution in [0.4, 0.5) is 0 Å². The molecule has 1 aromatic heterocycles. The van der Waals surface area contributed by atoms with Crippen LogP contribution in [0.1, 0.15) is 17.5 Å². The molecule has 0 saturated carbocycles. The Morgan fingerprint density at radius 1 is 0.968 bits per heavy atom. The SMILES string of the molecule is Cc1cc(-c2ccccc2)ccc1-c1nc(-c2ccc(CNCCC(=O)O)cc2)no1. The van der Waals surface area contributed by atoms with Crippen molar-refractivity contribution in [3.8, 4) is 34.0 Å². The van der Waals surface area contributed by atoms with Crippen molar-refractivity contribution in [2.24, 2.45) is 0 Å². The molecule has 0 bridgehead atoms. The molecule has 0 spiro atoms. The van der Waals surface area contributed by atoms with Crippen LogP contribution in [0.2, 0.25) is 0 Å². The maximum atomic E-state index is 10.6. The van der Waals surface area contributed by atoms with Gasteiger partial charge in [0.25, 0.3) is 5.89 Å². The first-order valence-corrected chi connectivity index (χ1v) is 10.1. The van der Waals surface area contributed by atoms with Gasteiger partial charge in [-0.1, -0.05) is 71.9 Å². The molecule has 6 heteroatoms. The Balaban J connectivity index is 1.46. The summed E-state index contributed by atoms with van der Waals surface area (Å²) in [6.07, 6.45) is 0.107. The molecule has 0 atom stereocenters. The average molecular weight is 413 g/mol. The average Bonchev–Trinajstić information content (AvgIpc) is 3.27. The second-order valence-corrected chi connectivity index (χ2v) is 7.34. The smallest absolute Gasteiger partial charge is 0.304 e. The Morgan fingerprint density at radius 2 is 1.71 bits per heavy atom. The van der Waals surface area contributed by atoms with Crippen LogP contribution in [0, 0.1) is 6.92 Å². The molecular formula is C25H23N3O3. The van der Waals surface area contributed by atoms with E-state index in [-0.39, 0.29) is 6.42 Å². The van der Waals surface area contributed by atoms with Gasteiger partial charge in [0.15, 0.2) is 0 Å². The van der Waals surface area contributed by atoms with Gasteiger partial charge in [0.2, 0.25) is 5.82 Å². The van der Waals surface area contributed by atoms with E-state index in [1.807, 2.05) is 55.5 Å². The van der Waals surface area contributed by atoms with Gasteiger partial charge in [-0.05, 0) is 35.2 Å². The number of aliphatic carboxylic acids is 1.